The molecule has 0 atom stereocenters. The highest BCUT2D eigenvalue weighted by Crippen LogP contribution is 2.10. The maximum Gasteiger partial charge on any atom is 0.327 e. The van der Waals surface area contributed by atoms with E-state index in [2.05, 4.69) is 4.99 Å². The van der Waals surface area contributed by atoms with Crippen LogP contribution < -0.4 is 4.74 Å². The molecule has 0 unspecified atom stereocenters. The van der Waals surface area contributed by atoms with Crippen molar-refractivity contribution < 1.29 is 14.3 Å². The number of hydrogen-bond acceptors (Lipinski definition) is 4. The van der Waals surface area contributed by atoms with Crippen molar-refractivity contribution >= 4 is 12.2 Å². The van der Waals surface area contributed by atoms with Crippen LogP contribution >= 0.6 is 0 Å². The molecule has 1 aromatic rings. The van der Waals surface area contributed by atoms with E-state index in [9.17, 15) is 4.79 Å². The van der Waals surface area contributed by atoms with Gasteiger partial charge in [0.05, 0.1) is 13.7 Å². The van der Waals surface area contributed by atoms with E-state index < -0.39 is 0 Å². The zero-order valence-corrected chi connectivity index (χ0v) is 9.47. The topological polar surface area (TPSA) is 47.9 Å². The van der Waals surface area contributed by atoms with Crippen molar-refractivity contribution in [1.29, 1.82) is 0 Å². The third-order valence-electron chi connectivity index (χ3n) is 1.86. The molecule has 1 rings (SSSR count). The smallest absolute Gasteiger partial charge is 0.327 e. The Bertz CT molecular complexity index is 374. The van der Waals surface area contributed by atoms with Crippen LogP contribution in [0.15, 0.2) is 29.3 Å². The number of carbonyl (C=O) groups is 1. The summed E-state index contributed by atoms with van der Waals surface area (Å²) in [6.07, 6.45) is 1.62. The van der Waals surface area contributed by atoms with E-state index in [1.165, 1.54) is 0 Å². The number of aliphatic imine (C=N–C) groups is 1. The van der Waals surface area contributed by atoms with Gasteiger partial charge in [0.25, 0.3) is 0 Å². The van der Waals surface area contributed by atoms with Crippen LogP contribution in [-0.4, -0.2) is 32.4 Å². The summed E-state index contributed by atoms with van der Waals surface area (Å²) < 4.78 is 9.81. The van der Waals surface area contributed by atoms with Crippen LogP contribution in [-0.2, 0) is 9.53 Å². The average Bonchev–Trinajstić information content (AvgIpc) is 2.30. The Labute approximate surface area is 94.9 Å². The lowest BCUT2D eigenvalue weighted by atomic mass is 10.2. The molecule has 0 aliphatic heterocycles. The number of benzene rings is 1. The summed E-state index contributed by atoms with van der Waals surface area (Å²) in [6.45, 7) is 2.20. The fourth-order valence-corrected chi connectivity index (χ4v) is 1.15. The highest BCUT2D eigenvalue weighted by molar-refractivity contribution is 5.82. The Balaban J connectivity index is 2.52. The summed E-state index contributed by atoms with van der Waals surface area (Å²) in [5.74, 6) is 0.446. The third-order valence-corrected chi connectivity index (χ3v) is 1.86. The second-order valence-corrected chi connectivity index (χ2v) is 3.05. The zero-order chi connectivity index (χ0) is 11.8. The number of esters is 1. The molecule has 0 aliphatic carbocycles. The Morgan fingerprint density at radius 1 is 1.50 bits per heavy atom. The van der Waals surface area contributed by atoms with Gasteiger partial charge in [0.15, 0.2) is 0 Å². The molecule has 0 N–H and O–H groups in total. The Kier molecular flexibility index (Phi) is 5.05. The standard InChI is InChI=1S/C12H15NO3/c1-3-16-12(14)9-13-8-10-5-4-6-11(7-10)15-2/h4-8H,3,9H2,1-2H3. The van der Waals surface area contributed by atoms with E-state index in [0.29, 0.717) is 6.61 Å². The van der Waals surface area contributed by atoms with E-state index in [-0.39, 0.29) is 12.5 Å². The number of nitrogens with zero attached hydrogens (tertiary/aromatic N) is 1. The largest absolute Gasteiger partial charge is 0.497 e. The molecule has 0 saturated carbocycles. The minimum atomic E-state index is -0.318. The highest BCUT2D eigenvalue weighted by Gasteiger charge is 1.97. The van der Waals surface area contributed by atoms with Crippen molar-refractivity contribution in [3.05, 3.63) is 29.8 Å². The van der Waals surface area contributed by atoms with Crippen LogP contribution in [0.4, 0.5) is 0 Å². The van der Waals surface area contributed by atoms with Crippen LogP contribution in [0.25, 0.3) is 0 Å². The summed E-state index contributed by atoms with van der Waals surface area (Å²) in [5, 5.41) is 0. The molecule has 0 saturated heterocycles. The fraction of sp³-hybridized carbons (Fsp3) is 0.333. The van der Waals surface area contributed by atoms with Crippen molar-refractivity contribution in [2.45, 2.75) is 6.92 Å². The van der Waals surface area contributed by atoms with Gasteiger partial charge in [0.1, 0.15) is 12.3 Å². The SMILES string of the molecule is CCOC(=O)CN=Cc1cccc(OC)c1. The lowest BCUT2D eigenvalue weighted by Crippen LogP contribution is -2.07. The molecule has 0 spiro atoms. The summed E-state index contributed by atoms with van der Waals surface area (Å²) in [6, 6.07) is 7.44. The summed E-state index contributed by atoms with van der Waals surface area (Å²) in [5.41, 5.74) is 0.892. The predicted molar refractivity (Wildman–Crippen MR) is 62.1 cm³/mol. The van der Waals surface area contributed by atoms with Crippen LogP contribution in [0.1, 0.15) is 12.5 Å². The van der Waals surface area contributed by atoms with Gasteiger partial charge < -0.3 is 9.47 Å². The van der Waals surface area contributed by atoms with Gasteiger partial charge in [0.2, 0.25) is 0 Å². The molecular weight excluding hydrogens is 206 g/mol. The summed E-state index contributed by atoms with van der Waals surface area (Å²) >= 11 is 0. The minimum Gasteiger partial charge on any atom is -0.497 e. The first kappa shape index (κ1) is 12.2. The van der Waals surface area contributed by atoms with Gasteiger partial charge in [-0.15, -0.1) is 0 Å². The lowest BCUT2D eigenvalue weighted by Gasteiger charge is -2.00. The summed E-state index contributed by atoms with van der Waals surface area (Å²) in [7, 11) is 1.61. The van der Waals surface area contributed by atoms with Crippen molar-refractivity contribution in [2.75, 3.05) is 20.3 Å². The quantitative estimate of drug-likeness (QED) is 0.561. The monoisotopic (exact) mass is 221 g/mol. The van der Waals surface area contributed by atoms with Gasteiger partial charge in [-0.2, -0.15) is 0 Å². The lowest BCUT2D eigenvalue weighted by molar-refractivity contribution is -0.141. The molecule has 86 valence electrons. The van der Waals surface area contributed by atoms with Crippen LogP contribution in [0.5, 0.6) is 5.75 Å². The van der Waals surface area contributed by atoms with Gasteiger partial charge in [0, 0.05) is 6.21 Å². The van der Waals surface area contributed by atoms with Gasteiger partial charge in [-0.3, -0.25) is 9.79 Å². The van der Waals surface area contributed by atoms with E-state index >= 15 is 0 Å². The van der Waals surface area contributed by atoms with Crippen molar-refractivity contribution in [3.8, 4) is 5.75 Å². The van der Waals surface area contributed by atoms with Crippen molar-refractivity contribution in [2.24, 2.45) is 4.99 Å². The average molecular weight is 221 g/mol. The minimum absolute atomic E-state index is 0.0467. The molecule has 0 amide bonds. The molecule has 0 radical (unpaired) electrons. The first-order valence-corrected chi connectivity index (χ1v) is 5.05. The molecule has 0 aromatic heterocycles. The maximum absolute atomic E-state index is 11.0. The molecular formula is C12H15NO3. The fourth-order valence-electron chi connectivity index (χ4n) is 1.15. The maximum atomic E-state index is 11.0. The zero-order valence-electron chi connectivity index (χ0n) is 9.47. The van der Waals surface area contributed by atoms with Crippen LogP contribution in [0.3, 0.4) is 0 Å². The van der Waals surface area contributed by atoms with E-state index in [1.54, 1.807) is 20.2 Å². The number of methoxy groups -OCH3 is 1. The molecule has 4 nitrogen and oxygen atoms in total. The number of rotatable bonds is 5. The van der Waals surface area contributed by atoms with Gasteiger partial charge in [-0.25, -0.2) is 0 Å². The molecule has 0 bridgehead atoms. The third kappa shape index (κ3) is 4.13. The Morgan fingerprint density at radius 2 is 2.31 bits per heavy atom. The van der Waals surface area contributed by atoms with Crippen molar-refractivity contribution in [3.63, 3.8) is 0 Å². The van der Waals surface area contributed by atoms with Crippen LogP contribution in [0.2, 0.25) is 0 Å². The molecule has 16 heavy (non-hydrogen) atoms. The highest BCUT2D eigenvalue weighted by atomic mass is 16.5. The van der Waals surface area contributed by atoms with E-state index in [0.717, 1.165) is 11.3 Å². The molecule has 4 heteroatoms. The number of ether oxygens (including phenoxy) is 2. The normalized spacial score (nSPS) is 10.4. The molecule has 1 aromatic carbocycles. The first-order chi connectivity index (χ1) is 7.76. The van der Waals surface area contributed by atoms with Crippen molar-refractivity contribution in [1.82, 2.24) is 0 Å². The molecule has 0 fully saturated rings. The number of hydrogen-bond donors (Lipinski definition) is 0. The van der Waals surface area contributed by atoms with Gasteiger partial charge in [-0.05, 0) is 24.6 Å². The number of carbonyl (C=O) groups excluding carboxylic acids is 1. The first-order valence-electron chi connectivity index (χ1n) is 5.05. The van der Waals surface area contributed by atoms with E-state index in [4.69, 9.17) is 9.47 Å². The van der Waals surface area contributed by atoms with Crippen LogP contribution in [0, 0.1) is 0 Å². The van der Waals surface area contributed by atoms with Gasteiger partial charge in [-0.1, -0.05) is 12.1 Å². The second-order valence-electron chi connectivity index (χ2n) is 3.05. The Hall–Kier alpha value is -1.84. The molecule has 0 heterocycles. The molecule has 0 aliphatic rings. The Morgan fingerprint density at radius 3 is 3.00 bits per heavy atom. The van der Waals surface area contributed by atoms with Gasteiger partial charge >= 0.3 is 5.97 Å². The van der Waals surface area contributed by atoms with E-state index in [1.807, 2.05) is 24.3 Å². The second kappa shape index (κ2) is 6.61. The summed E-state index contributed by atoms with van der Waals surface area (Å²) in [4.78, 5) is 15.0. The predicted octanol–water partition coefficient (Wildman–Crippen LogP) is 1.68.